The molecule has 1 fully saturated rings. The number of nitrogens with two attached hydrogens (primary N) is 1. The SMILES string of the molecule is CC1(C)C(=O)NC(=O)N1CC(=O)Nc1cccc(S(=O)(=O)NCCN)c1. The first-order chi connectivity index (χ1) is 12.1. The van der Waals surface area contributed by atoms with Gasteiger partial charge in [-0.3, -0.25) is 14.9 Å². The van der Waals surface area contributed by atoms with E-state index in [1.165, 1.54) is 38.1 Å². The molecule has 0 aromatic heterocycles. The molecule has 4 amide bonds. The number of hydrogen-bond acceptors (Lipinski definition) is 6. The minimum atomic E-state index is -3.74. The molecule has 142 valence electrons. The molecule has 5 N–H and O–H groups in total. The highest BCUT2D eigenvalue weighted by molar-refractivity contribution is 7.89. The standard InChI is InChI=1S/C15H21N5O5S/c1-15(2)13(22)19-14(23)20(15)9-12(21)18-10-4-3-5-11(8-10)26(24,25)17-7-6-16/h3-5,8,17H,6-7,9,16H2,1-2H3,(H,18,21)(H,19,22,23). The zero-order chi connectivity index (χ0) is 19.5. The summed E-state index contributed by atoms with van der Waals surface area (Å²) in [5, 5.41) is 4.67. The van der Waals surface area contributed by atoms with Crippen LogP contribution in [0.5, 0.6) is 0 Å². The van der Waals surface area contributed by atoms with E-state index in [-0.39, 0.29) is 30.2 Å². The Morgan fingerprint density at radius 1 is 1.31 bits per heavy atom. The zero-order valence-corrected chi connectivity index (χ0v) is 15.2. The van der Waals surface area contributed by atoms with Crippen LogP contribution in [-0.4, -0.2) is 56.3 Å². The monoisotopic (exact) mass is 383 g/mol. The van der Waals surface area contributed by atoms with Gasteiger partial charge in [0.25, 0.3) is 5.91 Å². The molecule has 0 saturated carbocycles. The lowest BCUT2D eigenvalue weighted by Gasteiger charge is -2.27. The van der Waals surface area contributed by atoms with Crippen LogP contribution in [0.1, 0.15) is 13.8 Å². The van der Waals surface area contributed by atoms with Crippen molar-refractivity contribution < 1.29 is 22.8 Å². The van der Waals surface area contributed by atoms with E-state index in [1.807, 2.05) is 0 Å². The molecule has 10 nitrogen and oxygen atoms in total. The van der Waals surface area contributed by atoms with Crippen molar-refractivity contribution in [1.82, 2.24) is 14.9 Å². The Hall–Kier alpha value is -2.50. The van der Waals surface area contributed by atoms with E-state index < -0.39 is 33.4 Å². The number of hydrogen-bond donors (Lipinski definition) is 4. The molecule has 1 saturated heterocycles. The molecule has 26 heavy (non-hydrogen) atoms. The predicted octanol–water partition coefficient (Wildman–Crippen LogP) is -0.807. The van der Waals surface area contributed by atoms with Gasteiger partial charge in [-0.15, -0.1) is 0 Å². The van der Waals surface area contributed by atoms with Gasteiger partial charge in [-0.25, -0.2) is 17.9 Å². The molecule has 0 atom stereocenters. The number of amides is 4. The average Bonchev–Trinajstić information content (AvgIpc) is 2.75. The van der Waals surface area contributed by atoms with Crippen LogP contribution >= 0.6 is 0 Å². The number of carbonyl (C=O) groups is 3. The lowest BCUT2D eigenvalue weighted by atomic mass is 10.0. The van der Waals surface area contributed by atoms with Gasteiger partial charge in [0.05, 0.1) is 4.90 Å². The fourth-order valence-electron chi connectivity index (χ4n) is 2.33. The maximum Gasteiger partial charge on any atom is 0.325 e. The van der Waals surface area contributed by atoms with Gasteiger partial charge in [0.1, 0.15) is 12.1 Å². The number of anilines is 1. The summed E-state index contributed by atoms with van der Waals surface area (Å²) in [6, 6.07) is 5.00. The molecule has 0 radical (unpaired) electrons. The van der Waals surface area contributed by atoms with Crippen molar-refractivity contribution in [3.63, 3.8) is 0 Å². The summed E-state index contributed by atoms with van der Waals surface area (Å²) in [4.78, 5) is 36.8. The van der Waals surface area contributed by atoms with Gasteiger partial charge in [-0.2, -0.15) is 0 Å². The maximum absolute atomic E-state index is 12.2. The summed E-state index contributed by atoms with van der Waals surface area (Å²) in [6.45, 7) is 2.94. The van der Waals surface area contributed by atoms with Gasteiger partial charge >= 0.3 is 6.03 Å². The summed E-state index contributed by atoms with van der Waals surface area (Å²) in [6.07, 6.45) is 0. The molecule has 1 aliphatic rings. The van der Waals surface area contributed by atoms with Crippen LogP contribution in [0.4, 0.5) is 10.5 Å². The molecule has 11 heteroatoms. The summed E-state index contributed by atoms with van der Waals surface area (Å²) in [5.74, 6) is -1.05. The molecule has 1 heterocycles. The number of nitrogens with zero attached hydrogens (tertiary/aromatic N) is 1. The lowest BCUT2D eigenvalue weighted by Crippen LogP contribution is -2.47. The molecular formula is C15H21N5O5S. The summed E-state index contributed by atoms with van der Waals surface area (Å²) >= 11 is 0. The van der Waals surface area contributed by atoms with Crippen molar-refractivity contribution >= 4 is 33.6 Å². The third-order valence-corrected chi connectivity index (χ3v) is 5.32. The molecule has 1 aliphatic heterocycles. The van der Waals surface area contributed by atoms with Gasteiger partial charge in [0.2, 0.25) is 15.9 Å². The molecule has 1 aromatic rings. The normalized spacial score (nSPS) is 16.5. The number of carbonyl (C=O) groups excluding carboxylic acids is 3. The van der Waals surface area contributed by atoms with Gasteiger partial charge in [0.15, 0.2) is 0 Å². The summed E-state index contributed by atoms with van der Waals surface area (Å²) in [7, 11) is -3.74. The van der Waals surface area contributed by atoms with Crippen molar-refractivity contribution in [3.8, 4) is 0 Å². The third-order valence-electron chi connectivity index (χ3n) is 3.86. The topological polar surface area (TPSA) is 151 Å². The first-order valence-electron chi connectivity index (χ1n) is 7.80. The van der Waals surface area contributed by atoms with Crippen molar-refractivity contribution in [3.05, 3.63) is 24.3 Å². The molecule has 1 aromatic carbocycles. The van der Waals surface area contributed by atoms with Crippen molar-refractivity contribution in [2.24, 2.45) is 5.73 Å². The Labute approximate surface area is 151 Å². The van der Waals surface area contributed by atoms with Gasteiger partial charge in [-0.1, -0.05) is 6.07 Å². The second kappa shape index (κ2) is 7.40. The van der Waals surface area contributed by atoms with Gasteiger partial charge < -0.3 is 16.0 Å². The Bertz CT molecular complexity index is 837. The highest BCUT2D eigenvalue weighted by atomic mass is 32.2. The lowest BCUT2D eigenvalue weighted by molar-refractivity contribution is -0.126. The number of urea groups is 1. The van der Waals surface area contributed by atoms with Crippen LogP contribution in [0.25, 0.3) is 0 Å². The molecular weight excluding hydrogens is 362 g/mol. The number of nitrogens with one attached hydrogen (secondary N) is 3. The summed E-state index contributed by atoms with van der Waals surface area (Å²) < 4.78 is 26.5. The largest absolute Gasteiger partial charge is 0.329 e. The molecule has 0 bridgehead atoms. The Kier molecular flexibility index (Phi) is 5.64. The van der Waals surface area contributed by atoms with Crippen LogP contribution in [0, 0.1) is 0 Å². The van der Waals surface area contributed by atoms with E-state index in [1.54, 1.807) is 0 Å². The van der Waals surface area contributed by atoms with Crippen LogP contribution in [0.3, 0.4) is 0 Å². The Morgan fingerprint density at radius 3 is 2.58 bits per heavy atom. The van der Waals surface area contributed by atoms with E-state index in [0.717, 1.165) is 4.90 Å². The quantitative estimate of drug-likeness (QED) is 0.452. The minimum Gasteiger partial charge on any atom is -0.329 e. The highest BCUT2D eigenvalue weighted by Crippen LogP contribution is 2.21. The summed E-state index contributed by atoms with van der Waals surface area (Å²) in [5.41, 5.74) is 4.38. The van der Waals surface area contributed by atoms with Crippen LogP contribution in [-0.2, 0) is 19.6 Å². The van der Waals surface area contributed by atoms with E-state index in [9.17, 15) is 22.8 Å². The van der Waals surface area contributed by atoms with E-state index in [2.05, 4.69) is 15.4 Å². The first-order valence-corrected chi connectivity index (χ1v) is 9.29. The fraction of sp³-hybridized carbons (Fsp3) is 0.400. The molecule has 0 aliphatic carbocycles. The number of benzene rings is 1. The van der Waals surface area contributed by atoms with E-state index >= 15 is 0 Å². The first kappa shape index (κ1) is 19.8. The van der Waals surface area contributed by atoms with Crippen LogP contribution in [0.2, 0.25) is 0 Å². The highest BCUT2D eigenvalue weighted by Gasteiger charge is 2.46. The van der Waals surface area contributed by atoms with Gasteiger partial charge in [-0.05, 0) is 32.0 Å². The number of rotatable bonds is 7. The minimum absolute atomic E-state index is 0.0295. The second-order valence-corrected chi connectivity index (χ2v) is 7.93. The van der Waals surface area contributed by atoms with Crippen molar-refractivity contribution in [1.29, 1.82) is 0 Å². The Morgan fingerprint density at radius 2 is 2.00 bits per heavy atom. The second-order valence-electron chi connectivity index (χ2n) is 6.17. The zero-order valence-electron chi connectivity index (χ0n) is 14.4. The van der Waals surface area contributed by atoms with Crippen molar-refractivity contribution in [2.75, 3.05) is 25.0 Å². The van der Waals surface area contributed by atoms with E-state index in [0.29, 0.717) is 0 Å². The molecule has 0 unspecified atom stereocenters. The molecule has 2 rings (SSSR count). The predicted molar refractivity (Wildman–Crippen MR) is 93.6 cm³/mol. The Balaban J connectivity index is 2.09. The third kappa shape index (κ3) is 4.18. The average molecular weight is 383 g/mol. The van der Waals surface area contributed by atoms with Crippen molar-refractivity contribution in [2.45, 2.75) is 24.3 Å². The van der Waals surface area contributed by atoms with E-state index in [4.69, 9.17) is 5.73 Å². The number of imide groups is 1. The maximum atomic E-state index is 12.2. The molecule has 0 spiro atoms. The smallest absolute Gasteiger partial charge is 0.325 e. The van der Waals surface area contributed by atoms with Crippen LogP contribution in [0.15, 0.2) is 29.2 Å². The van der Waals surface area contributed by atoms with Crippen LogP contribution < -0.4 is 21.1 Å². The number of sulfonamides is 1. The van der Waals surface area contributed by atoms with Gasteiger partial charge in [0, 0.05) is 18.8 Å². The fourth-order valence-corrected chi connectivity index (χ4v) is 3.42.